The first kappa shape index (κ1) is 15.4. The lowest BCUT2D eigenvalue weighted by Crippen LogP contribution is -2.36. The van der Waals surface area contributed by atoms with Crippen molar-refractivity contribution in [1.29, 1.82) is 0 Å². The Morgan fingerprint density at radius 3 is 2.44 bits per heavy atom. The smallest absolute Gasteiger partial charge is 0.255 e. The zero-order valence-corrected chi connectivity index (χ0v) is 12.3. The van der Waals surface area contributed by atoms with Gasteiger partial charge in [0.25, 0.3) is 12.3 Å². The maximum atomic E-state index is 12.4. The van der Waals surface area contributed by atoms with Gasteiger partial charge in [-0.25, -0.2) is 8.78 Å². The van der Waals surface area contributed by atoms with Crippen molar-refractivity contribution in [2.75, 3.05) is 24.7 Å². The van der Waals surface area contributed by atoms with Crippen LogP contribution in [0, 0.1) is 0 Å². The molecule has 0 aliphatic carbocycles. The molecule has 0 N–H and O–H groups in total. The molecule has 1 aromatic rings. The predicted octanol–water partition coefficient (Wildman–Crippen LogP) is 3.51. The Labute approximate surface area is 118 Å². The number of benzene rings is 1. The van der Waals surface area contributed by atoms with Crippen LogP contribution in [0.2, 0.25) is 0 Å². The molecule has 0 atom stereocenters. The molecule has 100 valence electrons. The van der Waals surface area contributed by atoms with Gasteiger partial charge >= 0.3 is 0 Å². The Bertz CT molecular complexity index is 386. The van der Waals surface area contributed by atoms with Gasteiger partial charge in [-0.05, 0) is 30.5 Å². The van der Waals surface area contributed by atoms with Crippen molar-refractivity contribution in [3.63, 3.8) is 0 Å². The van der Waals surface area contributed by atoms with E-state index in [1.54, 1.807) is 23.9 Å². The van der Waals surface area contributed by atoms with Crippen LogP contribution in [0.3, 0.4) is 0 Å². The average molecular weight is 338 g/mol. The van der Waals surface area contributed by atoms with Crippen molar-refractivity contribution in [2.24, 2.45) is 0 Å². The van der Waals surface area contributed by atoms with Crippen LogP contribution in [0.25, 0.3) is 0 Å². The molecule has 0 aliphatic rings. The van der Waals surface area contributed by atoms with Crippen LogP contribution in [-0.2, 0) is 0 Å². The third-order valence-corrected chi connectivity index (χ3v) is 3.44. The van der Waals surface area contributed by atoms with E-state index >= 15 is 0 Å². The molecule has 0 aromatic heterocycles. The first-order valence-corrected chi connectivity index (χ1v) is 7.70. The van der Waals surface area contributed by atoms with Crippen molar-refractivity contribution >= 4 is 33.6 Å². The van der Waals surface area contributed by atoms with E-state index in [1.165, 1.54) is 0 Å². The van der Waals surface area contributed by atoms with Crippen LogP contribution in [0.5, 0.6) is 0 Å². The lowest BCUT2D eigenvalue weighted by Gasteiger charge is -2.21. The number of amides is 1. The maximum absolute atomic E-state index is 12.4. The molecular weight excluding hydrogens is 324 g/mol. The van der Waals surface area contributed by atoms with E-state index in [-0.39, 0.29) is 12.5 Å². The second-order valence-electron chi connectivity index (χ2n) is 3.56. The third-order valence-electron chi connectivity index (χ3n) is 2.34. The van der Waals surface area contributed by atoms with Crippen LogP contribution in [0.15, 0.2) is 29.2 Å². The molecule has 18 heavy (non-hydrogen) atoms. The molecule has 2 nitrogen and oxygen atoms in total. The zero-order valence-electron chi connectivity index (χ0n) is 9.91. The second kappa shape index (κ2) is 7.74. The number of hydrogen-bond acceptors (Lipinski definition) is 2. The minimum absolute atomic E-state index is 0.271. The summed E-state index contributed by atoms with van der Waals surface area (Å²) in [5.74, 6) is -0.359. The fourth-order valence-electron chi connectivity index (χ4n) is 1.46. The second-order valence-corrected chi connectivity index (χ2v) is 5.23. The van der Waals surface area contributed by atoms with E-state index in [4.69, 9.17) is 0 Å². The van der Waals surface area contributed by atoms with Gasteiger partial charge in [0.05, 0.1) is 6.54 Å². The molecule has 0 fully saturated rings. The summed E-state index contributed by atoms with van der Waals surface area (Å²) in [5.41, 5.74) is 0.439. The molecular formula is C12H14BrF2NOS. The molecule has 1 amide bonds. The summed E-state index contributed by atoms with van der Waals surface area (Å²) < 4.78 is 24.8. The number of halogens is 3. The number of thioether (sulfide) groups is 1. The molecule has 0 radical (unpaired) electrons. The number of carbonyl (C=O) groups excluding carboxylic acids is 1. The van der Waals surface area contributed by atoms with E-state index in [0.29, 0.717) is 10.9 Å². The minimum Gasteiger partial charge on any atom is -0.332 e. The van der Waals surface area contributed by atoms with Crippen molar-refractivity contribution in [3.8, 4) is 0 Å². The van der Waals surface area contributed by atoms with Gasteiger partial charge < -0.3 is 4.90 Å². The Hall–Kier alpha value is -0.620. The van der Waals surface area contributed by atoms with E-state index < -0.39 is 13.0 Å². The fraction of sp³-hybridized carbons (Fsp3) is 0.417. The minimum atomic E-state index is -2.52. The lowest BCUT2D eigenvalue weighted by atomic mass is 10.2. The highest BCUT2D eigenvalue weighted by molar-refractivity contribution is 9.09. The number of nitrogens with zero attached hydrogens (tertiary/aromatic N) is 1. The topological polar surface area (TPSA) is 20.3 Å². The summed E-state index contributed by atoms with van der Waals surface area (Å²) in [4.78, 5) is 14.2. The van der Waals surface area contributed by atoms with Crippen molar-refractivity contribution < 1.29 is 13.6 Å². The summed E-state index contributed by atoms with van der Waals surface area (Å²) in [6.07, 6.45) is -0.580. The average Bonchev–Trinajstić information content (AvgIpc) is 2.37. The van der Waals surface area contributed by atoms with Gasteiger partial charge in [0.1, 0.15) is 0 Å². The molecule has 1 rings (SSSR count). The van der Waals surface area contributed by atoms with Crippen molar-refractivity contribution in [2.45, 2.75) is 11.3 Å². The molecule has 1 aromatic carbocycles. The highest BCUT2D eigenvalue weighted by Gasteiger charge is 2.18. The monoisotopic (exact) mass is 337 g/mol. The Morgan fingerprint density at radius 1 is 1.39 bits per heavy atom. The van der Waals surface area contributed by atoms with E-state index in [2.05, 4.69) is 15.9 Å². The van der Waals surface area contributed by atoms with E-state index in [0.717, 1.165) is 9.80 Å². The molecule has 0 aliphatic heterocycles. The number of hydrogen-bond donors (Lipinski definition) is 0. The molecule has 0 spiro atoms. The molecule has 0 bridgehead atoms. The third kappa shape index (κ3) is 4.57. The predicted molar refractivity (Wildman–Crippen MR) is 73.9 cm³/mol. The van der Waals surface area contributed by atoms with Crippen LogP contribution in [0.4, 0.5) is 8.78 Å². The van der Waals surface area contributed by atoms with Gasteiger partial charge in [-0.3, -0.25) is 4.79 Å². The summed E-state index contributed by atoms with van der Waals surface area (Å²) in [5, 5.41) is 0.481. The molecule has 0 heterocycles. The van der Waals surface area contributed by atoms with Crippen LogP contribution in [-0.4, -0.2) is 41.9 Å². The summed E-state index contributed by atoms with van der Waals surface area (Å²) in [6, 6.07) is 6.96. The largest absolute Gasteiger partial charge is 0.332 e. The van der Waals surface area contributed by atoms with Gasteiger partial charge in [-0.15, -0.1) is 11.8 Å². The number of rotatable bonds is 6. The van der Waals surface area contributed by atoms with Crippen LogP contribution < -0.4 is 0 Å². The highest BCUT2D eigenvalue weighted by atomic mass is 79.9. The number of carbonyl (C=O) groups is 1. The molecule has 0 saturated heterocycles. The normalized spacial score (nSPS) is 10.7. The van der Waals surface area contributed by atoms with Crippen molar-refractivity contribution in [3.05, 3.63) is 29.8 Å². The van der Waals surface area contributed by atoms with Crippen molar-refractivity contribution in [1.82, 2.24) is 4.90 Å². The zero-order chi connectivity index (χ0) is 13.5. The van der Waals surface area contributed by atoms with Gasteiger partial charge in [0.2, 0.25) is 0 Å². The standard InChI is InChI=1S/C12H14BrF2NOS/c1-18-10-4-2-9(3-5-10)12(17)16(7-6-13)8-11(14)15/h2-5,11H,6-8H2,1H3. The van der Waals surface area contributed by atoms with Gasteiger partial charge in [0.15, 0.2) is 0 Å². The maximum Gasteiger partial charge on any atom is 0.255 e. The Kier molecular flexibility index (Phi) is 6.63. The van der Waals surface area contributed by atoms with E-state index in [9.17, 15) is 13.6 Å². The first-order valence-electron chi connectivity index (χ1n) is 5.36. The SMILES string of the molecule is CSc1ccc(C(=O)N(CCBr)CC(F)F)cc1. The van der Waals surface area contributed by atoms with Crippen LogP contribution in [0.1, 0.15) is 10.4 Å². The van der Waals surface area contributed by atoms with E-state index in [1.807, 2.05) is 18.4 Å². The molecule has 0 saturated carbocycles. The molecule has 6 heteroatoms. The summed E-state index contributed by atoms with van der Waals surface area (Å²) >= 11 is 4.73. The quantitative estimate of drug-likeness (QED) is 0.584. The lowest BCUT2D eigenvalue weighted by molar-refractivity contribution is 0.0572. The van der Waals surface area contributed by atoms with Crippen LogP contribution >= 0.6 is 27.7 Å². The fourth-order valence-corrected chi connectivity index (χ4v) is 2.30. The summed E-state index contributed by atoms with van der Waals surface area (Å²) in [7, 11) is 0. The van der Waals surface area contributed by atoms with Gasteiger partial charge in [-0.1, -0.05) is 15.9 Å². The Morgan fingerprint density at radius 2 is 2.00 bits per heavy atom. The highest BCUT2D eigenvalue weighted by Crippen LogP contribution is 2.16. The Balaban J connectivity index is 2.80. The van der Waals surface area contributed by atoms with Gasteiger partial charge in [-0.2, -0.15) is 0 Å². The molecule has 0 unspecified atom stereocenters. The first-order chi connectivity index (χ1) is 8.58. The summed E-state index contributed by atoms with van der Waals surface area (Å²) in [6.45, 7) is -0.262. The van der Waals surface area contributed by atoms with Gasteiger partial charge in [0, 0.05) is 22.3 Å². The number of alkyl halides is 3.